The van der Waals surface area contributed by atoms with Gasteiger partial charge in [-0.2, -0.15) is 5.10 Å². The van der Waals surface area contributed by atoms with Crippen molar-refractivity contribution in [3.8, 4) is 0 Å². The highest BCUT2D eigenvalue weighted by Gasteiger charge is 2.25. The Labute approximate surface area is 146 Å². The van der Waals surface area contributed by atoms with Gasteiger partial charge in [0.05, 0.1) is 30.5 Å². The van der Waals surface area contributed by atoms with E-state index in [1.54, 1.807) is 28.0 Å². The quantitative estimate of drug-likeness (QED) is 0.698. The lowest BCUT2D eigenvalue weighted by Gasteiger charge is -2.21. The third kappa shape index (κ3) is 4.28. The number of β-amino-alcohol motifs (C(OH)–C–C–N with tert-alkyl or cyclic N) is 1. The maximum absolute atomic E-state index is 12.5. The number of aromatic amines is 1. The molecule has 8 nitrogen and oxygen atoms in total. The molecule has 0 saturated carbocycles. The summed E-state index contributed by atoms with van der Waals surface area (Å²) in [6.45, 7) is 5.26. The number of H-pyrrole nitrogens is 1. The van der Waals surface area contributed by atoms with Gasteiger partial charge >= 0.3 is 0 Å². The molecule has 2 aromatic rings. The van der Waals surface area contributed by atoms with Crippen molar-refractivity contribution in [1.29, 1.82) is 0 Å². The number of nitrogens with one attached hydrogen (secondary N) is 1. The maximum atomic E-state index is 12.5. The molecule has 0 bridgehead atoms. The van der Waals surface area contributed by atoms with Crippen LogP contribution in [0.5, 0.6) is 0 Å². The highest BCUT2D eigenvalue weighted by atomic mass is 16.3. The van der Waals surface area contributed by atoms with Gasteiger partial charge in [0.1, 0.15) is 0 Å². The first kappa shape index (κ1) is 17.7. The van der Waals surface area contributed by atoms with Crippen LogP contribution in [0.25, 0.3) is 0 Å². The van der Waals surface area contributed by atoms with E-state index in [1.807, 2.05) is 13.1 Å². The second-order valence-corrected chi connectivity index (χ2v) is 6.47. The molecule has 25 heavy (non-hydrogen) atoms. The minimum atomic E-state index is -0.585. The zero-order valence-electron chi connectivity index (χ0n) is 14.4. The summed E-state index contributed by atoms with van der Waals surface area (Å²) < 4.78 is 1.74. The molecule has 0 aliphatic carbocycles. The van der Waals surface area contributed by atoms with Crippen molar-refractivity contribution >= 4 is 5.91 Å². The van der Waals surface area contributed by atoms with E-state index in [-0.39, 0.29) is 12.5 Å². The molecule has 0 radical (unpaired) electrons. The Morgan fingerprint density at radius 1 is 1.40 bits per heavy atom. The van der Waals surface area contributed by atoms with Gasteiger partial charge < -0.3 is 20.1 Å². The van der Waals surface area contributed by atoms with Crippen LogP contribution in [-0.2, 0) is 13.1 Å². The van der Waals surface area contributed by atoms with Gasteiger partial charge in [-0.1, -0.05) is 0 Å². The van der Waals surface area contributed by atoms with E-state index in [9.17, 15) is 9.90 Å². The molecule has 1 amide bonds. The van der Waals surface area contributed by atoms with Crippen LogP contribution in [0.1, 0.15) is 21.6 Å². The van der Waals surface area contributed by atoms with Crippen molar-refractivity contribution in [1.82, 2.24) is 24.6 Å². The Hall–Kier alpha value is -2.16. The molecular formula is C17H25N5O3. The van der Waals surface area contributed by atoms with Gasteiger partial charge in [-0.25, -0.2) is 0 Å². The molecule has 8 heteroatoms. The van der Waals surface area contributed by atoms with E-state index < -0.39 is 6.10 Å². The number of nitrogens with zero attached hydrogens (tertiary/aromatic N) is 4. The summed E-state index contributed by atoms with van der Waals surface area (Å²) in [5.41, 5.74) is 2.61. The summed E-state index contributed by atoms with van der Waals surface area (Å²) in [6.07, 6.45) is 4.75. The Morgan fingerprint density at radius 3 is 2.96 bits per heavy atom. The summed E-state index contributed by atoms with van der Waals surface area (Å²) in [7, 11) is 0. The van der Waals surface area contributed by atoms with E-state index in [1.165, 1.54) is 0 Å². The Morgan fingerprint density at radius 2 is 2.24 bits per heavy atom. The molecular weight excluding hydrogens is 322 g/mol. The van der Waals surface area contributed by atoms with Crippen LogP contribution in [-0.4, -0.2) is 79.6 Å². The number of rotatable bonds is 5. The Kier molecular flexibility index (Phi) is 5.52. The van der Waals surface area contributed by atoms with Crippen LogP contribution in [0.15, 0.2) is 24.7 Å². The first-order chi connectivity index (χ1) is 12.1. The van der Waals surface area contributed by atoms with Crippen molar-refractivity contribution in [2.45, 2.75) is 26.1 Å². The van der Waals surface area contributed by atoms with Crippen molar-refractivity contribution in [3.05, 3.63) is 41.5 Å². The molecule has 1 aliphatic heterocycles. The number of aryl methyl sites for hydroxylation is 1. The van der Waals surface area contributed by atoms with E-state index >= 15 is 0 Å². The number of aliphatic hydroxyl groups excluding tert-OH is 2. The van der Waals surface area contributed by atoms with Crippen molar-refractivity contribution in [3.63, 3.8) is 0 Å². The normalized spacial score (nSPS) is 19.2. The van der Waals surface area contributed by atoms with Gasteiger partial charge in [0.15, 0.2) is 0 Å². The highest BCUT2D eigenvalue weighted by molar-refractivity contribution is 5.94. The number of amides is 1. The zero-order chi connectivity index (χ0) is 17.8. The van der Waals surface area contributed by atoms with Gasteiger partial charge in [-0.15, -0.1) is 0 Å². The standard InChI is InChI=1S/C17H25N5O3/c1-13-15(10-22(19-13)6-7-23)9-20-4-5-21(12-16(24)11-20)17(25)14-2-3-18-8-14/h2-3,8,10,16,18,23-24H,4-7,9,11-12H2,1H3. The number of carbonyl (C=O) groups is 1. The molecule has 0 spiro atoms. The lowest BCUT2D eigenvalue weighted by Crippen LogP contribution is -2.37. The minimum absolute atomic E-state index is 0.0548. The number of hydrogen-bond donors (Lipinski definition) is 3. The molecule has 1 saturated heterocycles. The number of aliphatic hydroxyl groups is 2. The molecule has 3 N–H and O–H groups in total. The Balaban J connectivity index is 1.64. The summed E-state index contributed by atoms with van der Waals surface area (Å²) in [5, 5.41) is 23.7. The van der Waals surface area contributed by atoms with Crippen LogP contribution in [0.3, 0.4) is 0 Å². The topological polar surface area (TPSA) is 97.6 Å². The van der Waals surface area contributed by atoms with Crippen molar-refractivity contribution in [2.75, 3.05) is 32.8 Å². The number of aromatic nitrogens is 3. The second kappa shape index (κ2) is 7.81. The van der Waals surface area contributed by atoms with Crippen molar-refractivity contribution < 1.29 is 15.0 Å². The molecule has 136 valence electrons. The minimum Gasteiger partial charge on any atom is -0.394 e. The molecule has 3 heterocycles. The van der Waals surface area contributed by atoms with Crippen LogP contribution in [0.2, 0.25) is 0 Å². The summed E-state index contributed by atoms with van der Waals surface area (Å²) >= 11 is 0. The molecule has 1 unspecified atom stereocenters. The smallest absolute Gasteiger partial charge is 0.255 e. The lowest BCUT2D eigenvalue weighted by molar-refractivity contribution is 0.0663. The van der Waals surface area contributed by atoms with Crippen molar-refractivity contribution in [2.24, 2.45) is 0 Å². The molecule has 1 fully saturated rings. The average Bonchev–Trinajstić information content (AvgIpc) is 3.17. The van der Waals surface area contributed by atoms with E-state index in [0.717, 1.165) is 11.3 Å². The van der Waals surface area contributed by atoms with Gasteiger partial charge in [0.25, 0.3) is 5.91 Å². The van der Waals surface area contributed by atoms with Crippen LogP contribution in [0.4, 0.5) is 0 Å². The highest BCUT2D eigenvalue weighted by Crippen LogP contribution is 2.14. The number of hydrogen-bond acceptors (Lipinski definition) is 5. The summed E-state index contributed by atoms with van der Waals surface area (Å²) in [6, 6.07) is 1.75. The molecule has 1 atom stereocenters. The summed E-state index contributed by atoms with van der Waals surface area (Å²) in [5.74, 6) is -0.0610. The largest absolute Gasteiger partial charge is 0.394 e. The Bertz CT molecular complexity index is 697. The van der Waals surface area contributed by atoms with E-state index in [0.29, 0.717) is 44.8 Å². The molecule has 1 aliphatic rings. The first-order valence-corrected chi connectivity index (χ1v) is 8.53. The van der Waals surface area contributed by atoms with Gasteiger partial charge in [-0.3, -0.25) is 14.4 Å². The predicted octanol–water partition coefficient (Wildman–Crippen LogP) is -0.169. The van der Waals surface area contributed by atoms with E-state index in [2.05, 4.69) is 15.0 Å². The zero-order valence-corrected chi connectivity index (χ0v) is 14.4. The van der Waals surface area contributed by atoms with Crippen LogP contribution < -0.4 is 0 Å². The van der Waals surface area contributed by atoms with E-state index in [4.69, 9.17) is 5.11 Å². The van der Waals surface area contributed by atoms with Gasteiger partial charge in [0, 0.05) is 56.9 Å². The predicted molar refractivity (Wildman–Crippen MR) is 92.0 cm³/mol. The monoisotopic (exact) mass is 347 g/mol. The lowest BCUT2D eigenvalue weighted by atomic mass is 10.2. The molecule has 2 aromatic heterocycles. The summed E-state index contributed by atoms with van der Waals surface area (Å²) in [4.78, 5) is 19.2. The third-order valence-corrected chi connectivity index (χ3v) is 4.49. The SMILES string of the molecule is Cc1nn(CCO)cc1CN1CCN(C(=O)c2cc[nH]c2)CC(O)C1. The maximum Gasteiger partial charge on any atom is 0.255 e. The molecule has 0 aromatic carbocycles. The molecule has 3 rings (SSSR count). The van der Waals surface area contributed by atoms with Gasteiger partial charge in [0.2, 0.25) is 0 Å². The van der Waals surface area contributed by atoms with Gasteiger partial charge in [-0.05, 0) is 13.0 Å². The number of carbonyl (C=O) groups excluding carboxylic acids is 1. The third-order valence-electron chi connectivity index (χ3n) is 4.49. The fourth-order valence-corrected chi connectivity index (χ4v) is 3.19. The first-order valence-electron chi connectivity index (χ1n) is 8.53. The van der Waals surface area contributed by atoms with Crippen LogP contribution >= 0.6 is 0 Å². The second-order valence-electron chi connectivity index (χ2n) is 6.47. The fourth-order valence-electron chi connectivity index (χ4n) is 3.19. The van der Waals surface area contributed by atoms with Crippen LogP contribution in [0, 0.1) is 6.92 Å². The average molecular weight is 347 g/mol. The fraction of sp³-hybridized carbons (Fsp3) is 0.529.